The molecule has 1 aromatic heterocycles. The average Bonchev–Trinajstić information content (AvgIpc) is 3.32. The maximum atomic E-state index is 14.8. The fourth-order valence-corrected chi connectivity index (χ4v) is 7.26. The van der Waals surface area contributed by atoms with Gasteiger partial charge >= 0.3 is 6.01 Å². The van der Waals surface area contributed by atoms with Crippen LogP contribution >= 0.6 is 0 Å². The van der Waals surface area contributed by atoms with Gasteiger partial charge in [-0.2, -0.15) is 9.97 Å². The van der Waals surface area contributed by atoms with Crippen LogP contribution in [-0.2, 0) is 17.8 Å². The molecule has 2 saturated heterocycles. The molecule has 0 saturated carbocycles. The lowest BCUT2D eigenvalue weighted by Crippen LogP contribution is -2.56. The van der Waals surface area contributed by atoms with Gasteiger partial charge in [-0.15, -0.1) is 0 Å². The number of aromatic nitrogens is 2. The molecule has 1 N–H and O–H groups in total. The number of ether oxygens (including phenoxy) is 1. The topological polar surface area (TPSA) is 89.6 Å². The lowest BCUT2D eigenvalue weighted by Gasteiger charge is -2.41. The van der Waals surface area contributed by atoms with Crippen molar-refractivity contribution in [3.05, 3.63) is 76.8 Å². The molecular formula is C35H42FN7O3. The zero-order chi connectivity index (χ0) is 32.4. The molecule has 2 fully saturated rings. The molecular weight excluding hydrogens is 585 g/mol. The molecule has 1 unspecified atom stereocenters. The number of benzene rings is 2. The van der Waals surface area contributed by atoms with Crippen LogP contribution < -0.4 is 14.5 Å². The predicted molar refractivity (Wildman–Crippen MR) is 177 cm³/mol. The number of aryl methyl sites for hydroxylation is 1. The molecule has 11 heteroatoms. The molecule has 242 valence electrons. The fraction of sp³-hybridized carbons (Fsp3) is 0.486. The molecule has 0 aliphatic carbocycles. The largest absolute Gasteiger partial charge is 0.462 e. The summed E-state index contributed by atoms with van der Waals surface area (Å²) in [5.41, 5.74) is 3.07. The number of carbonyl (C=O) groups excluding carboxylic acids is 1. The molecule has 0 bridgehead atoms. The zero-order valence-corrected chi connectivity index (χ0v) is 26.8. The van der Waals surface area contributed by atoms with Crippen molar-refractivity contribution in [2.75, 3.05) is 69.3 Å². The Morgan fingerprint density at radius 2 is 1.98 bits per heavy atom. The first-order valence-electron chi connectivity index (χ1n) is 16.0. The number of hydrogen-bond donors (Lipinski definition) is 1. The Morgan fingerprint density at radius 1 is 1.17 bits per heavy atom. The molecule has 46 heavy (non-hydrogen) atoms. The number of alkyl halides is 1. The van der Waals surface area contributed by atoms with E-state index in [1.54, 1.807) is 11.8 Å². The number of rotatable bonds is 8. The smallest absolute Gasteiger partial charge is 0.318 e. The van der Waals surface area contributed by atoms with Crippen molar-refractivity contribution >= 4 is 28.2 Å². The van der Waals surface area contributed by atoms with Crippen molar-refractivity contribution in [3.63, 3.8) is 0 Å². The van der Waals surface area contributed by atoms with Gasteiger partial charge in [0.25, 0.3) is 0 Å². The van der Waals surface area contributed by atoms with Gasteiger partial charge < -0.3 is 29.4 Å². The Hall–Kier alpha value is -4.27. The first-order valence-corrected chi connectivity index (χ1v) is 16.0. The SMILES string of the molecule is [C-]#[N+]C[C@H]1CN(c2nc(OC[C@@H]3CC(C)(F)CN3C)nc3c2CCN(c2cccc4cccc(C)c24)C3)CCN1C(=O)/C=C/CO. The fourth-order valence-electron chi connectivity index (χ4n) is 7.26. The third-order valence-electron chi connectivity index (χ3n) is 9.46. The molecule has 2 aromatic carbocycles. The van der Waals surface area contributed by atoms with E-state index in [1.807, 2.05) is 11.9 Å². The number of anilines is 2. The van der Waals surface area contributed by atoms with Gasteiger partial charge in [-0.25, -0.2) is 11.0 Å². The van der Waals surface area contributed by atoms with Crippen LogP contribution in [0.1, 0.15) is 30.2 Å². The van der Waals surface area contributed by atoms with Crippen molar-refractivity contribution < 1.29 is 19.0 Å². The molecule has 3 atom stereocenters. The van der Waals surface area contributed by atoms with Crippen LogP contribution in [0.4, 0.5) is 15.9 Å². The standard InChI is InChI=1S/C35H42FN7O3/c1-24-8-5-9-25-10-6-11-30(32(24)25)41-14-13-28-29(21-41)38-34(46-22-26-18-35(2,36)23-40(26)4)39-33(28)42-15-16-43(27(20-42)19-37-3)31(45)12-7-17-44/h5-12,26-27,44H,13-23H2,1-2,4H3/b12-7+/t26-,27-,35?/m0/s1. The number of halogens is 1. The Bertz CT molecular complexity index is 1670. The minimum atomic E-state index is -1.26. The van der Waals surface area contributed by atoms with E-state index in [9.17, 15) is 9.18 Å². The van der Waals surface area contributed by atoms with Crippen molar-refractivity contribution in [2.45, 2.75) is 51.0 Å². The van der Waals surface area contributed by atoms with Gasteiger partial charge in [0.05, 0.1) is 18.8 Å². The lowest BCUT2D eigenvalue weighted by molar-refractivity contribution is -0.128. The minimum absolute atomic E-state index is 0.0854. The molecule has 4 heterocycles. The molecule has 3 aromatic rings. The molecule has 0 spiro atoms. The second-order valence-electron chi connectivity index (χ2n) is 12.9. The average molecular weight is 628 g/mol. The van der Waals surface area contributed by atoms with Crippen LogP contribution in [0, 0.1) is 13.5 Å². The number of fused-ring (bicyclic) bond motifs is 2. The normalized spacial score (nSPS) is 23.6. The van der Waals surface area contributed by atoms with Crippen LogP contribution in [0.25, 0.3) is 15.6 Å². The summed E-state index contributed by atoms with van der Waals surface area (Å²) in [7, 11) is 1.91. The van der Waals surface area contributed by atoms with Gasteiger partial charge in [0.2, 0.25) is 12.5 Å². The third kappa shape index (κ3) is 6.50. The highest BCUT2D eigenvalue weighted by molar-refractivity contribution is 5.97. The van der Waals surface area contributed by atoms with Crippen LogP contribution in [0.15, 0.2) is 48.6 Å². The first-order chi connectivity index (χ1) is 22.2. The van der Waals surface area contributed by atoms with Crippen molar-refractivity contribution in [3.8, 4) is 6.01 Å². The van der Waals surface area contributed by atoms with Gasteiger partial charge in [-0.1, -0.05) is 36.4 Å². The summed E-state index contributed by atoms with van der Waals surface area (Å²) >= 11 is 0. The van der Waals surface area contributed by atoms with Gasteiger partial charge in [-0.3, -0.25) is 9.69 Å². The van der Waals surface area contributed by atoms with Crippen molar-refractivity contribution in [1.29, 1.82) is 0 Å². The third-order valence-corrected chi connectivity index (χ3v) is 9.46. The molecule has 3 aliphatic heterocycles. The second kappa shape index (κ2) is 13.2. The number of hydrogen-bond acceptors (Lipinski definition) is 8. The number of aliphatic hydroxyl groups is 1. The van der Waals surface area contributed by atoms with Crippen molar-refractivity contribution in [2.24, 2.45) is 0 Å². The number of nitrogens with zero attached hydrogens (tertiary/aromatic N) is 7. The van der Waals surface area contributed by atoms with Crippen LogP contribution in [-0.4, -0.2) is 108 Å². The Kier molecular flexibility index (Phi) is 9.11. The summed E-state index contributed by atoms with van der Waals surface area (Å²) in [6.45, 7) is 14.7. The maximum Gasteiger partial charge on any atom is 0.318 e. The molecule has 3 aliphatic rings. The van der Waals surface area contributed by atoms with E-state index in [2.05, 4.69) is 58.0 Å². The Labute approximate surface area is 269 Å². The van der Waals surface area contributed by atoms with Gasteiger partial charge in [-0.05, 0) is 44.3 Å². The van der Waals surface area contributed by atoms with Crippen LogP contribution in [0.5, 0.6) is 6.01 Å². The number of likely N-dealkylation sites (N-methyl/N-ethyl adjacent to an activating group) is 1. The summed E-state index contributed by atoms with van der Waals surface area (Å²) in [6.07, 6.45) is 3.90. The lowest BCUT2D eigenvalue weighted by atomic mass is 9.99. The van der Waals surface area contributed by atoms with Crippen molar-refractivity contribution in [1.82, 2.24) is 19.8 Å². The highest BCUT2D eigenvalue weighted by Crippen LogP contribution is 2.36. The summed E-state index contributed by atoms with van der Waals surface area (Å²) in [6, 6.07) is 12.6. The maximum absolute atomic E-state index is 14.8. The van der Waals surface area contributed by atoms with E-state index in [1.165, 1.54) is 34.2 Å². The van der Waals surface area contributed by atoms with Crippen LogP contribution in [0.3, 0.4) is 0 Å². The predicted octanol–water partition coefficient (Wildman–Crippen LogP) is 3.80. The Balaban J connectivity index is 1.32. The summed E-state index contributed by atoms with van der Waals surface area (Å²) < 4.78 is 21.0. The van der Waals surface area contributed by atoms with E-state index in [-0.39, 0.29) is 43.8 Å². The number of piperazine rings is 1. The quantitative estimate of drug-likeness (QED) is 0.298. The number of amides is 1. The molecule has 10 nitrogen and oxygen atoms in total. The summed E-state index contributed by atoms with van der Waals surface area (Å²) in [5, 5.41) is 11.6. The number of carbonyl (C=O) groups is 1. The van der Waals surface area contributed by atoms with Crippen LogP contribution in [0.2, 0.25) is 0 Å². The highest BCUT2D eigenvalue weighted by Gasteiger charge is 2.40. The first kappa shape index (κ1) is 31.7. The minimum Gasteiger partial charge on any atom is -0.462 e. The molecule has 6 rings (SSSR count). The Morgan fingerprint density at radius 3 is 2.72 bits per heavy atom. The van der Waals surface area contributed by atoms with E-state index in [4.69, 9.17) is 26.4 Å². The highest BCUT2D eigenvalue weighted by atomic mass is 19.1. The summed E-state index contributed by atoms with van der Waals surface area (Å²) in [4.78, 5) is 34.6. The van der Waals surface area contributed by atoms with E-state index in [0.29, 0.717) is 39.1 Å². The second-order valence-corrected chi connectivity index (χ2v) is 12.9. The number of likely N-dealkylation sites (tertiary alicyclic amines) is 1. The number of aliphatic hydroxyl groups excluding tert-OH is 1. The summed E-state index contributed by atoms with van der Waals surface area (Å²) in [5.74, 6) is 0.564. The van der Waals surface area contributed by atoms with Gasteiger partial charge in [0.1, 0.15) is 24.1 Å². The van der Waals surface area contributed by atoms with E-state index < -0.39 is 5.67 Å². The van der Waals surface area contributed by atoms with Gasteiger partial charge in [0, 0.05) is 67.9 Å². The zero-order valence-electron chi connectivity index (χ0n) is 26.8. The van der Waals surface area contributed by atoms with E-state index in [0.717, 1.165) is 30.0 Å². The molecule has 0 radical (unpaired) electrons. The van der Waals surface area contributed by atoms with E-state index >= 15 is 0 Å². The molecule has 1 amide bonds. The monoisotopic (exact) mass is 627 g/mol. The van der Waals surface area contributed by atoms with Gasteiger partial charge in [0.15, 0.2) is 0 Å².